The first-order chi connectivity index (χ1) is 8.30. The van der Waals surface area contributed by atoms with Crippen molar-refractivity contribution >= 4 is 11.8 Å². The summed E-state index contributed by atoms with van der Waals surface area (Å²) in [6.45, 7) is 5.35. The Labute approximate surface area is 110 Å². The van der Waals surface area contributed by atoms with Crippen molar-refractivity contribution in [1.82, 2.24) is 0 Å². The third-order valence-corrected chi connectivity index (χ3v) is 3.83. The van der Waals surface area contributed by atoms with Crippen molar-refractivity contribution in [2.24, 2.45) is 5.92 Å². The van der Waals surface area contributed by atoms with Gasteiger partial charge in [-0.15, -0.1) is 11.8 Å². The maximum atomic E-state index is 5.85. The molecule has 1 rings (SSSR count). The number of unbranched alkanes of at least 4 members (excludes halogenated alkanes) is 1. The molecule has 0 saturated heterocycles. The molecule has 0 aliphatic carbocycles. The molecule has 1 aromatic rings. The van der Waals surface area contributed by atoms with E-state index in [-0.39, 0.29) is 0 Å². The second kappa shape index (κ2) is 8.46. The van der Waals surface area contributed by atoms with Gasteiger partial charge in [0.1, 0.15) is 5.75 Å². The average molecular weight is 252 g/mol. The summed E-state index contributed by atoms with van der Waals surface area (Å²) in [5.74, 6) is 1.70. The Morgan fingerprint density at radius 1 is 1.18 bits per heavy atom. The van der Waals surface area contributed by atoms with Crippen LogP contribution in [0.4, 0.5) is 0 Å². The minimum absolute atomic E-state index is 0.704. The smallest absolute Gasteiger partial charge is 0.119 e. The molecule has 0 saturated carbocycles. The van der Waals surface area contributed by atoms with Gasteiger partial charge in [-0.25, -0.2) is 0 Å². The Morgan fingerprint density at radius 2 is 1.88 bits per heavy atom. The van der Waals surface area contributed by atoms with Crippen LogP contribution in [-0.2, 0) is 0 Å². The molecule has 0 N–H and O–H groups in total. The Morgan fingerprint density at radius 3 is 2.41 bits per heavy atom. The lowest BCUT2D eigenvalue weighted by molar-refractivity contribution is 0.233. The van der Waals surface area contributed by atoms with Gasteiger partial charge in [-0.2, -0.15) is 0 Å². The van der Waals surface area contributed by atoms with Gasteiger partial charge in [0.15, 0.2) is 0 Å². The van der Waals surface area contributed by atoms with E-state index in [1.807, 2.05) is 0 Å². The summed E-state index contributed by atoms with van der Waals surface area (Å²) in [7, 11) is 0. The standard InChI is InChI=1S/C15H24OS/c1-4-6-7-13(5-2)12-16-14-8-10-15(17-3)11-9-14/h8-11,13H,4-7,12H2,1-3H3. The third kappa shape index (κ3) is 5.49. The Hall–Kier alpha value is -0.630. The second-order valence-electron chi connectivity index (χ2n) is 4.40. The minimum Gasteiger partial charge on any atom is -0.493 e. The Kier molecular flexibility index (Phi) is 7.18. The van der Waals surface area contributed by atoms with E-state index in [2.05, 4.69) is 44.4 Å². The molecule has 0 heterocycles. The molecule has 17 heavy (non-hydrogen) atoms. The van der Waals surface area contributed by atoms with Gasteiger partial charge in [0, 0.05) is 4.90 Å². The summed E-state index contributed by atoms with van der Waals surface area (Å²) < 4.78 is 5.85. The molecule has 0 bridgehead atoms. The number of thioether (sulfide) groups is 1. The predicted octanol–water partition coefficient (Wildman–Crippen LogP) is 5.00. The lowest BCUT2D eigenvalue weighted by Crippen LogP contribution is -2.11. The SMILES string of the molecule is CCCCC(CC)COc1ccc(SC)cc1. The molecular formula is C15H24OS. The topological polar surface area (TPSA) is 9.23 Å². The molecular weight excluding hydrogens is 228 g/mol. The van der Waals surface area contributed by atoms with Crippen LogP contribution in [0.15, 0.2) is 29.2 Å². The van der Waals surface area contributed by atoms with E-state index in [9.17, 15) is 0 Å². The van der Waals surface area contributed by atoms with Gasteiger partial charge in [-0.1, -0.05) is 33.1 Å². The zero-order valence-electron chi connectivity index (χ0n) is 11.2. The van der Waals surface area contributed by atoms with Gasteiger partial charge in [-0.05, 0) is 42.9 Å². The van der Waals surface area contributed by atoms with Crippen LogP contribution in [0.2, 0.25) is 0 Å². The first-order valence-corrected chi connectivity index (χ1v) is 7.79. The second-order valence-corrected chi connectivity index (χ2v) is 5.28. The van der Waals surface area contributed by atoms with Crippen LogP contribution in [0, 0.1) is 5.92 Å². The quantitative estimate of drug-likeness (QED) is 0.602. The van der Waals surface area contributed by atoms with Crippen molar-refractivity contribution in [2.45, 2.75) is 44.4 Å². The van der Waals surface area contributed by atoms with Gasteiger partial charge in [0.2, 0.25) is 0 Å². The number of hydrogen-bond acceptors (Lipinski definition) is 2. The highest BCUT2D eigenvalue weighted by Gasteiger charge is 2.06. The summed E-state index contributed by atoms with van der Waals surface area (Å²) in [6, 6.07) is 8.37. The zero-order valence-corrected chi connectivity index (χ0v) is 12.1. The van der Waals surface area contributed by atoms with E-state index in [4.69, 9.17) is 4.74 Å². The number of hydrogen-bond donors (Lipinski definition) is 0. The normalized spacial score (nSPS) is 12.4. The van der Waals surface area contributed by atoms with Crippen molar-refractivity contribution in [3.05, 3.63) is 24.3 Å². The molecule has 0 amide bonds. The summed E-state index contributed by atoms with van der Waals surface area (Å²) >= 11 is 1.76. The molecule has 0 aliphatic rings. The zero-order chi connectivity index (χ0) is 12.5. The number of rotatable bonds is 8. The van der Waals surface area contributed by atoms with E-state index >= 15 is 0 Å². The molecule has 0 radical (unpaired) electrons. The van der Waals surface area contributed by atoms with Crippen molar-refractivity contribution in [2.75, 3.05) is 12.9 Å². The van der Waals surface area contributed by atoms with Crippen LogP contribution >= 0.6 is 11.8 Å². The van der Waals surface area contributed by atoms with Gasteiger partial charge < -0.3 is 4.74 Å². The lowest BCUT2D eigenvalue weighted by atomic mass is 10.0. The highest BCUT2D eigenvalue weighted by Crippen LogP contribution is 2.20. The Bertz CT molecular complexity index is 294. The van der Waals surface area contributed by atoms with Gasteiger partial charge in [0.05, 0.1) is 6.61 Å². The Balaban J connectivity index is 2.36. The van der Waals surface area contributed by atoms with Crippen molar-refractivity contribution in [3.8, 4) is 5.75 Å². The fourth-order valence-electron chi connectivity index (χ4n) is 1.78. The van der Waals surface area contributed by atoms with Crippen LogP contribution in [0.1, 0.15) is 39.5 Å². The van der Waals surface area contributed by atoms with Crippen molar-refractivity contribution < 1.29 is 4.74 Å². The molecule has 1 atom stereocenters. The molecule has 0 fully saturated rings. The lowest BCUT2D eigenvalue weighted by Gasteiger charge is -2.15. The monoisotopic (exact) mass is 252 g/mol. The van der Waals surface area contributed by atoms with E-state index < -0.39 is 0 Å². The third-order valence-electron chi connectivity index (χ3n) is 3.09. The van der Waals surface area contributed by atoms with E-state index in [0.717, 1.165) is 12.4 Å². The average Bonchev–Trinajstić information content (AvgIpc) is 2.39. The fraction of sp³-hybridized carbons (Fsp3) is 0.600. The number of benzene rings is 1. The van der Waals surface area contributed by atoms with Crippen LogP contribution in [0.3, 0.4) is 0 Å². The minimum atomic E-state index is 0.704. The summed E-state index contributed by atoms with van der Waals surface area (Å²) in [5.41, 5.74) is 0. The maximum absolute atomic E-state index is 5.85. The molecule has 96 valence electrons. The molecule has 0 aromatic heterocycles. The molecule has 1 nitrogen and oxygen atoms in total. The predicted molar refractivity (Wildman–Crippen MR) is 77.0 cm³/mol. The van der Waals surface area contributed by atoms with Crippen LogP contribution in [-0.4, -0.2) is 12.9 Å². The first kappa shape index (κ1) is 14.4. The molecule has 1 unspecified atom stereocenters. The summed E-state index contributed by atoms with van der Waals surface area (Å²) in [6.07, 6.45) is 7.18. The van der Waals surface area contributed by atoms with Crippen molar-refractivity contribution in [3.63, 3.8) is 0 Å². The summed E-state index contributed by atoms with van der Waals surface area (Å²) in [5, 5.41) is 0. The largest absolute Gasteiger partial charge is 0.493 e. The van der Waals surface area contributed by atoms with Crippen molar-refractivity contribution in [1.29, 1.82) is 0 Å². The van der Waals surface area contributed by atoms with Gasteiger partial charge >= 0.3 is 0 Å². The highest BCUT2D eigenvalue weighted by atomic mass is 32.2. The van der Waals surface area contributed by atoms with E-state index in [0.29, 0.717) is 5.92 Å². The summed E-state index contributed by atoms with van der Waals surface area (Å²) in [4.78, 5) is 1.29. The van der Waals surface area contributed by atoms with Gasteiger partial charge in [-0.3, -0.25) is 0 Å². The number of ether oxygens (including phenoxy) is 1. The molecule has 0 spiro atoms. The van der Waals surface area contributed by atoms with E-state index in [1.54, 1.807) is 11.8 Å². The van der Waals surface area contributed by atoms with Gasteiger partial charge in [0.25, 0.3) is 0 Å². The maximum Gasteiger partial charge on any atom is 0.119 e. The fourth-order valence-corrected chi connectivity index (χ4v) is 2.19. The molecule has 0 aliphatic heterocycles. The first-order valence-electron chi connectivity index (χ1n) is 6.57. The van der Waals surface area contributed by atoms with Crippen LogP contribution < -0.4 is 4.74 Å². The highest BCUT2D eigenvalue weighted by molar-refractivity contribution is 7.98. The van der Waals surface area contributed by atoms with Crippen LogP contribution in [0.25, 0.3) is 0 Å². The molecule has 1 aromatic carbocycles. The van der Waals surface area contributed by atoms with Crippen LogP contribution in [0.5, 0.6) is 5.75 Å². The van der Waals surface area contributed by atoms with E-state index in [1.165, 1.54) is 30.6 Å². The molecule has 2 heteroatoms.